The van der Waals surface area contributed by atoms with Gasteiger partial charge in [-0.1, -0.05) is 6.42 Å². The number of ether oxygens (including phenoxy) is 1. The molecule has 2 aliphatic rings. The lowest BCUT2D eigenvalue weighted by Crippen LogP contribution is -2.42. The Morgan fingerprint density at radius 2 is 2.13 bits per heavy atom. The van der Waals surface area contributed by atoms with Crippen molar-refractivity contribution in [1.82, 2.24) is 5.32 Å². The number of fused-ring (bicyclic) bond motifs is 1. The first-order valence-corrected chi connectivity index (χ1v) is 5.91. The number of hydrogen-bond acceptors (Lipinski definition) is 3. The molecule has 1 saturated carbocycles. The first-order valence-electron chi connectivity index (χ1n) is 5.91. The molecule has 0 spiro atoms. The molecule has 0 bridgehead atoms. The molecule has 1 N–H and O–H groups in total. The molecule has 2 atom stereocenters. The van der Waals surface area contributed by atoms with Gasteiger partial charge in [-0.3, -0.25) is 4.79 Å². The van der Waals surface area contributed by atoms with Crippen LogP contribution in [0.15, 0.2) is 0 Å². The van der Waals surface area contributed by atoms with E-state index in [1.165, 1.54) is 0 Å². The van der Waals surface area contributed by atoms with Crippen LogP contribution in [-0.4, -0.2) is 24.2 Å². The van der Waals surface area contributed by atoms with Crippen molar-refractivity contribution in [2.45, 2.75) is 58.1 Å². The van der Waals surface area contributed by atoms with Gasteiger partial charge < -0.3 is 10.1 Å². The van der Waals surface area contributed by atoms with Crippen molar-refractivity contribution in [2.75, 3.05) is 6.54 Å². The Balaban J connectivity index is 2.11. The molecule has 1 aliphatic heterocycles. The highest BCUT2D eigenvalue weighted by atomic mass is 16.6. The summed E-state index contributed by atoms with van der Waals surface area (Å²) in [5, 5.41) is 3.43. The molecule has 0 radical (unpaired) electrons. The van der Waals surface area contributed by atoms with Gasteiger partial charge in [0.05, 0.1) is 5.41 Å². The lowest BCUT2D eigenvalue weighted by atomic mass is 9.82. The Kier molecular flexibility index (Phi) is 2.53. The van der Waals surface area contributed by atoms with Crippen molar-refractivity contribution in [3.05, 3.63) is 0 Å². The Morgan fingerprint density at radius 1 is 1.40 bits per heavy atom. The topological polar surface area (TPSA) is 38.3 Å². The zero-order chi connectivity index (χ0) is 11.1. The second kappa shape index (κ2) is 3.48. The summed E-state index contributed by atoms with van der Waals surface area (Å²) in [5.41, 5.74) is -0.561. The largest absolute Gasteiger partial charge is 0.459 e. The number of carbonyl (C=O) groups excluding carboxylic acids is 1. The molecule has 1 saturated heterocycles. The molecule has 0 unspecified atom stereocenters. The summed E-state index contributed by atoms with van der Waals surface area (Å²) in [4.78, 5) is 12.2. The van der Waals surface area contributed by atoms with Gasteiger partial charge in [0.25, 0.3) is 0 Å². The predicted molar refractivity (Wildman–Crippen MR) is 58.5 cm³/mol. The van der Waals surface area contributed by atoms with Crippen LogP contribution in [0.4, 0.5) is 0 Å². The Bertz CT molecular complexity index is 257. The van der Waals surface area contributed by atoms with Crippen LogP contribution in [-0.2, 0) is 9.53 Å². The first-order chi connectivity index (χ1) is 6.94. The van der Waals surface area contributed by atoms with Crippen molar-refractivity contribution in [2.24, 2.45) is 5.41 Å². The van der Waals surface area contributed by atoms with Crippen LogP contribution in [0.3, 0.4) is 0 Å². The van der Waals surface area contributed by atoms with Gasteiger partial charge in [-0.2, -0.15) is 0 Å². The van der Waals surface area contributed by atoms with Gasteiger partial charge in [0, 0.05) is 6.04 Å². The van der Waals surface area contributed by atoms with Gasteiger partial charge in [0.2, 0.25) is 0 Å². The molecule has 3 nitrogen and oxygen atoms in total. The lowest BCUT2D eigenvalue weighted by molar-refractivity contribution is -0.167. The molecule has 3 heteroatoms. The van der Waals surface area contributed by atoms with Crippen LogP contribution in [0.2, 0.25) is 0 Å². The maximum Gasteiger partial charge on any atom is 0.314 e. The predicted octanol–water partition coefficient (Wildman–Crippen LogP) is 1.86. The molecular formula is C12H21NO2. The maximum atomic E-state index is 12.2. The quantitative estimate of drug-likeness (QED) is 0.673. The van der Waals surface area contributed by atoms with Gasteiger partial charge in [-0.05, 0) is 46.6 Å². The smallest absolute Gasteiger partial charge is 0.314 e. The van der Waals surface area contributed by atoms with Crippen molar-refractivity contribution in [1.29, 1.82) is 0 Å². The van der Waals surface area contributed by atoms with Crippen LogP contribution in [0.25, 0.3) is 0 Å². The molecule has 2 rings (SSSR count). The van der Waals surface area contributed by atoms with Crippen molar-refractivity contribution in [3.63, 3.8) is 0 Å². The molecule has 2 fully saturated rings. The van der Waals surface area contributed by atoms with Crippen LogP contribution in [0.1, 0.15) is 46.5 Å². The Hall–Kier alpha value is -0.570. The molecular weight excluding hydrogens is 190 g/mol. The summed E-state index contributed by atoms with van der Waals surface area (Å²) in [6.45, 7) is 6.78. The maximum absolute atomic E-state index is 12.2. The van der Waals surface area contributed by atoms with E-state index in [-0.39, 0.29) is 17.0 Å². The van der Waals surface area contributed by atoms with E-state index in [1.54, 1.807) is 0 Å². The number of esters is 1. The highest BCUT2D eigenvalue weighted by molar-refractivity contribution is 5.79. The summed E-state index contributed by atoms with van der Waals surface area (Å²) in [6.07, 6.45) is 4.22. The average Bonchev–Trinajstić information content (AvgIpc) is 2.55. The second-order valence-corrected chi connectivity index (χ2v) is 5.81. The van der Waals surface area contributed by atoms with E-state index in [4.69, 9.17) is 4.74 Å². The molecule has 0 amide bonds. The zero-order valence-corrected chi connectivity index (χ0v) is 9.93. The summed E-state index contributed by atoms with van der Waals surface area (Å²) < 4.78 is 5.55. The van der Waals surface area contributed by atoms with Crippen LogP contribution in [0, 0.1) is 5.41 Å². The summed E-state index contributed by atoms with van der Waals surface area (Å²) in [5.74, 6) is 0.0162. The highest BCUT2D eigenvalue weighted by Crippen LogP contribution is 2.46. The monoisotopic (exact) mass is 211 g/mol. The third kappa shape index (κ3) is 1.89. The second-order valence-electron chi connectivity index (χ2n) is 5.81. The minimum Gasteiger partial charge on any atom is -0.459 e. The van der Waals surface area contributed by atoms with E-state index in [1.807, 2.05) is 20.8 Å². The number of carbonyl (C=O) groups is 1. The highest BCUT2D eigenvalue weighted by Gasteiger charge is 2.53. The van der Waals surface area contributed by atoms with Crippen molar-refractivity contribution in [3.8, 4) is 0 Å². The van der Waals surface area contributed by atoms with Gasteiger partial charge in [-0.15, -0.1) is 0 Å². The summed E-state index contributed by atoms with van der Waals surface area (Å²) >= 11 is 0. The molecule has 1 heterocycles. The van der Waals surface area contributed by atoms with Crippen molar-refractivity contribution >= 4 is 5.97 Å². The summed E-state index contributed by atoms with van der Waals surface area (Å²) in [7, 11) is 0. The standard InChI is InChI=1S/C12H21NO2/c1-11(2,3)15-10(14)12-6-4-5-9(12)13-8-7-12/h9,13H,4-8H2,1-3H3/t9-,12-/m0/s1. The summed E-state index contributed by atoms with van der Waals surface area (Å²) in [6, 6.07) is 0.368. The van der Waals surface area contributed by atoms with Gasteiger partial charge in [0.1, 0.15) is 5.60 Å². The minimum absolute atomic E-state index is 0.0162. The van der Waals surface area contributed by atoms with E-state index in [0.717, 1.165) is 32.2 Å². The third-order valence-electron chi connectivity index (χ3n) is 3.55. The average molecular weight is 211 g/mol. The van der Waals surface area contributed by atoms with E-state index in [0.29, 0.717) is 6.04 Å². The molecule has 0 aromatic carbocycles. The van der Waals surface area contributed by atoms with E-state index in [9.17, 15) is 4.79 Å². The van der Waals surface area contributed by atoms with E-state index < -0.39 is 0 Å². The molecule has 86 valence electrons. The minimum atomic E-state index is -0.360. The number of nitrogens with one attached hydrogen (secondary N) is 1. The van der Waals surface area contributed by atoms with Crippen LogP contribution < -0.4 is 5.32 Å². The molecule has 0 aromatic heterocycles. The van der Waals surface area contributed by atoms with Crippen LogP contribution in [0.5, 0.6) is 0 Å². The SMILES string of the molecule is CC(C)(C)OC(=O)[C@]12CCC[C@@H]1NCC2. The van der Waals surface area contributed by atoms with Gasteiger partial charge in [-0.25, -0.2) is 0 Å². The van der Waals surface area contributed by atoms with Crippen molar-refractivity contribution < 1.29 is 9.53 Å². The first kappa shape index (κ1) is 10.9. The Labute approximate surface area is 91.6 Å². The lowest BCUT2D eigenvalue weighted by Gasteiger charge is -2.30. The fourth-order valence-electron chi connectivity index (χ4n) is 2.86. The van der Waals surface area contributed by atoms with Crippen LogP contribution >= 0.6 is 0 Å². The molecule has 15 heavy (non-hydrogen) atoms. The zero-order valence-electron chi connectivity index (χ0n) is 9.93. The fourth-order valence-corrected chi connectivity index (χ4v) is 2.86. The number of hydrogen-bond donors (Lipinski definition) is 1. The van der Waals surface area contributed by atoms with E-state index >= 15 is 0 Å². The third-order valence-corrected chi connectivity index (χ3v) is 3.55. The van der Waals surface area contributed by atoms with Gasteiger partial charge >= 0.3 is 5.97 Å². The molecule has 0 aromatic rings. The number of rotatable bonds is 1. The Morgan fingerprint density at radius 3 is 2.80 bits per heavy atom. The molecule has 1 aliphatic carbocycles. The van der Waals surface area contributed by atoms with Gasteiger partial charge in [0.15, 0.2) is 0 Å². The van der Waals surface area contributed by atoms with E-state index in [2.05, 4.69) is 5.32 Å². The fraction of sp³-hybridized carbons (Fsp3) is 0.917. The normalized spacial score (nSPS) is 35.3.